The molecule has 5 heteroatoms. The van der Waals surface area contributed by atoms with E-state index in [0.717, 1.165) is 51.9 Å². The molecule has 1 aromatic carbocycles. The Morgan fingerprint density at radius 3 is 2.87 bits per heavy atom. The van der Waals surface area contributed by atoms with Crippen molar-refractivity contribution in [3.8, 4) is 0 Å². The third-order valence-electron chi connectivity index (χ3n) is 8.28. The molecule has 2 unspecified atom stereocenters. The number of rotatable bonds is 7. The Morgan fingerprint density at radius 1 is 1.29 bits per heavy atom. The molecule has 170 valence electrons. The molecular formula is C26H39N3O2. The van der Waals surface area contributed by atoms with Crippen LogP contribution < -0.4 is 10.6 Å². The van der Waals surface area contributed by atoms with Crippen molar-refractivity contribution in [3.05, 3.63) is 35.9 Å². The van der Waals surface area contributed by atoms with Gasteiger partial charge in [0.05, 0.1) is 6.10 Å². The second-order valence-corrected chi connectivity index (χ2v) is 10.8. The van der Waals surface area contributed by atoms with Crippen molar-refractivity contribution in [1.29, 1.82) is 0 Å². The zero-order chi connectivity index (χ0) is 21.4. The van der Waals surface area contributed by atoms with Crippen LogP contribution in [0.2, 0.25) is 0 Å². The molecule has 0 radical (unpaired) electrons. The third-order valence-corrected chi connectivity index (χ3v) is 8.28. The molecule has 2 N–H and O–H groups in total. The van der Waals surface area contributed by atoms with Crippen LogP contribution in [0.5, 0.6) is 0 Å². The molecule has 5 fully saturated rings. The number of nitrogens with zero attached hydrogens (tertiary/aromatic N) is 1. The normalized spacial score (nSPS) is 37.3. The maximum absolute atomic E-state index is 13.8. The van der Waals surface area contributed by atoms with Gasteiger partial charge in [-0.2, -0.15) is 0 Å². The van der Waals surface area contributed by atoms with E-state index >= 15 is 0 Å². The lowest BCUT2D eigenvalue weighted by molar-refractivity contribution is -0.139. The quantitative estimate of drug-likeness (QED) is 0.705. The largest absolute Gasteiger partial charge is 0.376 e. The van der Waals surface area contributed by atoms with Gasteiger partial charge in [-0.3, -0.25) is 9.69 Å². The highest BCUT2D eigenvalue weighted by Crippen LogP contribution is 2.53. The van der Waals surface area contributed by atoms with E-state index in [1.807, 2.05) is 0 Å². The van der Waals surface area contributed by atoms with Crippen LogP contribution in [0, 0.1) is 23.7 Å². The van der Waals surface area contributed by atoms with Gasteiger partial charge in [-0.25, -0.2) is 0 Å². The maximum atomic E-state index is 13.8. The highest BCUT2D eigenvalue weighted by atomic mass is 16.5. The van der Waals surface area contributed by atoms with Gasteiger partial charge in [0.1, 0.15) is 5.54 Å². The van der Waals surface area contributed by atoms with Crippen LogP contribution in [0.15, 0.2) is 30.3 Å². The van der Waals surface area contributed by atoms with Gasteiger partial charge in [0, 0.05) is 44.7 Å². The van der Waals surface area contributed by atoms with Gasteiger partial charge in [-0.05, 0) is 55.4 Å². The smallest absolute Gasteiger partial charge is 0.240 e. The molecule has 1 amide bonds. The number of amides is 1. The number of fused-ring (bicyclic) bond motifs is 1. The average Bonchev–Trinajstić information content (AvgIpc) is 3.08. The van der Waals surface area contributed by atoms with E-state index in [0.29, 0.717) is 36.3 Å². The number of hydrogen-bond acceptors (Lipinski definition) is 4. The lowest BCUT2D eigenvalue weighted by Gasteiger charge is -2.56. The van der Waals surface area contributed by atoms with E-state index in [1.54, 1.807) is 0 Å². The summed E-state index contributed by atoms with van der Waals surface area (Å²) >= 11 is 0. The van der Waals surface area contributed by atoms with Gasteiger partial charge in [0.25, 0.3) is 0 Å². The Morgan fingerprint density at radius 2 is 2.13 bits per heavy atom. The number of carbonyl (C=O) groups is 1. The van der Waals surface area contributed by atoms with E-state index in [-0.39, 0.29) is 12.0 Å². The van der Waals surface area contributed by atoms with Gasteiger partial charge in [-0.15, -0.1) is 0 Å². The fourth-order valence-electron chi connectivity index (χ4n) is 7.03. The molecule has 4 bridgehead atoms. The first-order chi connectivity index (χ1) is 15.1. The van der Waals surface area contributed by atoms with Crippen molar-refractivity contribution in [2.24, 2.45) is 23.7 Å². The number of hydrogen-bond donors (Lipinski definition) is 2. The fraction of sp³-hybridized carbons (Fsp3) is 0.731. The Hall–Kier alpha value is -1.43. The number of ether oxygens (including phenoxy) is 1. The summed E-state index contributed by atoms with van der Waals surface area (Å²) in [6.07, 6.45) is 5.52. The highest BCUT2D eigenvalue weighted by Gasteiger charge is 2.64. The van der Waals surface area contributed by atoms with E-state index in [2.05, 4.69) is 59.7 Å². The minimum Gasteiger partial charge on any atom is -0.376 e. The van der Waals surface area contributed by atoms with Crippen molar-refractivity contribution in [2.45, 2.75) is 63.6 Å². The van der Waals surface area contributed by atoms with Crippen molar-refractivity contribution in [3.63, 3.8) is 0 Å². The van der Waals surface area contributed by atoms with Crippen LogP contribution in [-0.4, -0.2) is 61.3 Å². The predicted octanol–water partition coefficient (Wildman–Crippen LogP) is 2.85. The van der Waals surface area contributed by atoms with Crippen LogP contribution in [0.3, 0.4) is 0 Å². The Kier molecular flexibility index (Phi) is 6.11. The number of piperidine rings is 2. The van der Waals surface area contributed by atoms with Gasteiger partial charge in [-0.1, -0.05) is 44.2 Å². The zero-order valence-corrected chi connectivity index (χ0v) is 19.2. The van der Waals surface area contributed by atoms with Crippen LogP contribution in [0.4, 0.5) is 0 Å². The SMILES string of the molecule is CC(C)CN1C[C@H]2C[C@]3(C(=O)NCC4CCCCO4)NC[C@H]2C1[C@H]3Cc1ccccc1. The van der Waals surface area contributed by atoms with E-state index in [4.69, 9.17) is 4.74 Å². The molecule has 5 nitrogen and oxygen atoms in total. The standard InChI is InChI=1S/C26H39N3O2/c1-18(2)16-29-17-20-13-26(25(30)27-14-21-10-6-7-11-31-21)23(24(29)22(20)15-28-26)12-19-8-4-3-5-9-19/h3-5,8-9,18,20-24,28H,6-7,10-17H2,1-2H3,(H,27,30)/t20-,21?,22-,23-,24?,26+/m1/s1. The average molecular weight is 426 g/mol. The molecule has 0 aromatic heterocycles. The highest BCUT2D eigenvalue weighted by molar-refractivity contribution is 5.87. The second-order valence-electron chi connectivity index (χ2n) is 10.8. The summed E-state index contributed by atoms with van der Waals surface area (Å²) in [6, 6.07) is 11.3. The summed E-state index contributed by atoms with van der Waals surface area (Å²) in [4.78, 5) is 16.5. The molecule has 4 heterocycles. The molecular weight excluding hydrogens is 386 g/mol. The summed E-state index contributed by atoms with van der Waals surface area (Å²) in [5, 5.41) is 7.12. The summed E-state index contributed by atoms with van der Waals surface area (Å²) in [7, 11) is 0. The van der Waals surface area contributed by atoms with Crippen molar-refractivity contribution < 1.29 is 9.53 Å². The van der Waals surface area contributed by atoms with Gasteiger partial charge >= 0.3 is 0 Å². The monoisotopic (exact) mass is 425 g/mol. The first-order valence-corrected chi connectivity index (χ1v) is 12.5. The number of carbonyl (C=O) groups excluding carboxylic acids is 1. The number of likely N-dealkylation sites (tertiary alicyclic amines) is 1. The lowest BCUT2D eigenvalue weighted by Crippen LogP contribution is -2.74. The summed E-state index contributed by atoms with van der Waals surface area (Å²) in [5.41, 5.74) is 0.887. The van der Waals surface area contributed by atoms with E-state index in [9.17, 15) is 4.79 Å². The van der Waals surface area contributed by atoms with Crippen molar-refractivity contribution >= 4 is 5.91 Å². The maximum Gasteiger partial charge on any atom is 0.240 e. The second kappa shape index (κ2) is 8.84. The van der Waals surface area contributed by atoms with E-state index < -0.39 is 5.54 Å². The fourth-order valence-corrected chi connectivity index (χ4v) is 7.03. The van der Waals surface area contributed by atoms with Gasteiger partial charge < -0.3 is 15.4 Å². The lowest BCUT2D eigenvalue weighted by atomic mass is 9.58. The van der Waals surface area contributed by atoms with Crippen molar-refractivity contribution in [2.75, 3.05) is 32.8 Å². The molecule has 31 heavy (non-hydrogen) atoms. The van der Waals surface area contributed by atoms with Crippen LogP contribution in [0.25, 0.3) is 0 Å². The molecule has 1 aromatic rings. The Bertz CT molecular complexity index is 763. The molecule has 1 saturated carbocycles. The summed E-state index contributed by atoms with van der Waals surface area (Å²) in [5.74, 6) is 2.47. The first-order valence-electron chi connectivity index (χ1n) is 12.5. The molecule has 6 atom stereocenters. The molecule has 4 saturated heterocycles. The van der Waals surface area contributed by atoms with Crippen molar-refractivity contribution in [1.82, 2.24) is 15.5 Å². The molecule has 1 aliphatic carbocycles. The molecule has 5 aliphatic rings. The van der Waals surface area contributed by atoms with Crippen LogP contribution in [0.1, 0.15) is 45.1 Å². The summed E-state index contributed by atoms with van der Waals surface area (Å²) < 4.78 is 5.89. The number of benzene rings is 1. The van der Waals surface area contributed by atoms with E-state index in [1.165, 1.54) is 12.0 Å². The summed E-state index contributed by atoms with van der Waals surface area (Å²) in [6.45, 7) is 9.38. The molecule has 4 aliphatic heterocycles. The molecule has 0 spiro atoms. The zero-order valence-electron chi connectivity index (χ0n) is 19.2. The topological polar surface area (TPSA) is 53.6 Å². The predicted molar refractivity (Wildman–Crippen MR) is 123 cm³/mol. The third kappa shape index (κ3) is 4.05. The first kappa shape index (κ1) is 21.4. The number of nitrogens with one attached hydrogen (secondary N) is 2. The molecule has 6 rings (SSSR count). The van der Waals surface area contributed by atoms with Crippen LogP contribution >= 0.6 is 0 Å². The Balaban J connectivity index is 1.40. The minimum absolute atomic E-state index is 0.177. The van der Waals surface area contributed by atoms with Crippen LogP contribution in [-0.2, 0) is 16.0 Å². The minimum atomic E-state index is -0.458. The van der Waals surface area contributed by atoms with Gasteiger partial charge in [0.2, 0.25) is 5.91 Å². The Labute approximate surface area is 187 Å². The van der Waals surface area contributed by atoms with Gasteiger partial charge in [0.15, 0.2) is 0 Å².